The van der Waals surface area contributed by atoms with Crippen molar-refractivity contribution in [3.05, 3.63) is 34.2 Å². The largest absolute Gasteiger partial charge is 0.396 e. The molecule has 3 rings (SSSR count). The minimum atomic E-state index is -0.0324. The van der Waals surface area contributed by atoms with Gasteiger partial charge >= 0.3 is 0 Å². The second-order valence-corrected chi connectivity index (χ2v) is 6.54. The van der Waals surface area contributed by atoms with E-state index in [0.717, 1.165) is 25.2 Å². The summed E-state index contributed by atoms with van der Waals surface area (Å²) in [7, 11) is 0. The van der Waals surface area contributed by atoms with Crippen molar-refractivity contribution in [1.82, 2.24) is 9.88 Å². The number of aliphatic hydroxyl groups excluding tert-OH is 1. The summed E-state index contributed by atoms with van der Waals surface area (Å²) in [6.07, 6.45) is 4.64. The summed E-state index contributed by atoms with van der Waals surface area (Å²) < 4.78 is 0. The second kappa shape index (κ2) is 5.34. The smallest absolute Gasteiger partial charge is 0.248 e. The van der Waals surface area contributed by atoms with Crippen molar-refractivity contribution in [2.45, 2.75) is 44.1 Å². The number of H-pyrrole nitrogens is 1. The SMILES string of the molecule is CC12CCCCN1CC(c1cccc(=O)[nH]1)CC2CO. The van der Waals surface area contributed by atoms with Crippen molar-refractivity contribution in [3.8, 4) is 0 Å². The lowest BCUT2D eigenvalue weighted by Crippen LogP contribution is -2.60. The highest BCUT2D eigenvalue weighted by Gasteiger charge is 2.46. The lowest BCUT2D eigenvalue weighted by molar-refractivity contribution is -0.0504. The van der Waals surface area contributed by atoms with Crippen LogP contribution in [0.3, 0.4) is 0 Å². The molecule has 0 bridgehead atoms. The lowest BCUT2D eigenvalue weighted by atomic mass is 9.69. The minimum Gasteiger partial charge on any atom is -0.396 e. The average molecular weight is 276 g/mol. The molecule has 4 nitrogen and oxygen atoms in total. The molecule has 2 aliphatic heterocycles. The molecule has 0 saturated carbocycles. The van der Waals surface area contributed by atoms with E-state index in [2.05, 4.69) is 16.8 Å². The van der Waals surface area contributed by atoms with Gasteiger partial charge in [-0.3, -0.25) is 9.69 Å². The molecule has 2 fully saturated rings. The van der Waals surface area contributed by atoms with Crippen molar-refractivity contribution in [2.75, 3.05) is 19.7 Å². The maximum absolute atomic E-state index is 11.5. The molecule has 2 saturated heterocycles. The Balaban J connectivity index is 1.88. The van der Waals surface area contributed by atoms with E-state index < -0.39 is 0 Å². The van der Waals surface area contributed by atoms with Crippen molar-refractivity contribution < 1.29 is 5.11 Å². The summed E-state index contributed by atoms with van der Waals surface area (Å²) in [6.45, 7) is 4.64. The monoisotopic (exact) mass is 276 g/mol. The molecule has 1 aromatic rings. The second-order valence-electron chi connectivity index (χ2n) is 6.54. The molecule has 1 aromatic heterocycles. The van der Waals surface area contributed by atoms with Crippen LogP contribution >= 0.6 is 0 Å². The zero-order valence-electron chi connectivity index (χ0n) is 12.1. The molecule has 0 spiro atoms. The summed E-state index contributed by atoms with van der Waals surface area (Å²) >= 11 is 0. The molecule has 2 aliphatic rings. The first-order valence-corrected chi connectivity index (χ1v) is 7.68. The Morgan fingerprint density at radius 2 is 2.30 bits per heavy atom. The summed E-state index contributed by atoms with van der Waals surface area (Å²) in [5.74, 6) is 0.623. The number of rotatable bonds is 2. The van der Waals surface area contributed by atoms with Gasteiger partial charge in [0.15, 0.2) is 0 Å². The van der Waals surface area contributed by atoms with Gasteiger partial charge in [-0.25, -0.2) is 0 Å². The Bertz CT molecular complexity index is 517. The van der Waals surface area contributed by atoms with E-state index in [1.54, 1.807) is 6.07 Å². The number of nitrogens with one attached hydrogen (secondary N) is 1. The fourth-order valence-electron chi connectivity index (χ4n) is 4.10. The zero-order valence-corrected chi connectivity index (χ0v) is 12.1. The minimum absolute atomic E-state index is 0.0324. The number of hydrogen-bond acceptors (Lipinski definition) is 3. The van der Waals surface area contributed by atoms with Crippen LogP contribution in [0.2, 0.25) is 0 Å². The quantitative estimate of drug-likeness (QED) is 0.864. The van der Waals surface area contributed by atoms with Crippen LogP contribution in [0.1, 0.15) is 44.2 Å². The normalized spacial score (nSPS) is 34.7. The number of pyridine rings is 1. The fraction of sp³-hybridized carbons (Fsp3) is 0.688. The van der Waals surface area contributed by atoms with E-state index in [1.807, 2.05) is 12.1 Å². The highest BCUT2D eigenvalue weighted by molar-refractivity contribution is 5.14. The van der Waals surface area contributed by atoms with E-state index in [9.17, 15) is 9.90 Å². The maximum atomic E-state index is 11.5. The lowest BCUT2D eigenvalue weighted by Gasteiger charge is -2.54. The number of piperidine rings is 2. The van der Waals surface area contributed by atoms with Crippen LogP contribution in [0.5, 0.6) is 0 Å². The first-order valence-electron chi connectivity index (χ1n) is 7.68. The van der Waals surface area contributed by atoms with Crippen LogP contribution < -0.4 is 5.56 Å². The van der Waals surface area contributed by atoms with Crippen LogP contribution in [0.4, 0.5) is 0 Å². The molecule has 3 heterocycles. The van der Waals surface area contributed by atoms with Gasteiger partial charge in [0.25, 0.3) is 0 Å². The van der Waals surface area contributed by atoms with Crippen molar-refractivity contribution in [2.24, 2.45) is 5.92 Å². The van der Waals surface area contributed by atoms with E-state index in [0.29, 0.717) is 11.8 Å². The molecule has 4 heteroatoms. The van der Waals surface area contributed by atoms with Gasteiger partial charge in [-0.05, 0) is 38.8 Å². The highest BCUT2D eigenvalue weighted by Crippen LogP contribution is 2.44. The Morgan fingerprint density at radius 3 is 3.05 bits per heavy atom. The molecular formula is C16H24N2O2. The first-order chi connectivity index (χ1) is 9.63. The summed E-state index contributed by atoms with van der Waals surface area (Å²) in [5, 5.41) is 9.82. The number of aromatic amines is 1. The van der Waals surface area contributed by atoms with Gasteiger partial charge < -0.3 is 10.1 Å². The first kappa shape index (κ1) is 13.8. The fourth-order valence-corrected chi connectivity index (χ4v) is 4.10. The average Bonchev–Trinajstić information content (AvgIpc) is 2.45. The predicted molar refractivity (Wildman–Crippen MR) is 78.8 cm³/mol. The number of nitrogens with zero attached hydrogens (tertiary/aromatic N) is 1. The standard InChI is InChI=1S/C16H24N2O2/c1-16-7-2-3-8-18(16)10-12(9-13(16)11-19)14-5-4-6-15(20)17-14/h4-6,12-13,19H,2-3,7-11H2,1H3,(H,17,20). The summed E-state index contributed by atoms with van der Waals surface area (Å²) in [5.41, 5.74) is 1.12. The number of fused-ring (bicyclic) bond motifs is 1. The van der Waals surface area contributed by atoms with Crippen LogP contribution in [-0.2, 0) is 0 Å². The molecule has 0 amide bonds. The van der Waals surface area contributed by atoms with Crippen molar-refractivity contribution in [3.63, 3.8) is 0 Å². The van der Waals surface area contributed by atoms with Crippen LogP contribution in [0.25, 0.3) is 0 Å². The molecule has 3 atom stereocenters. The number of aliphatic hydroxyl groups is 1. The van der Waals surface area contributed by atoms with Gasteiger partial charge in [0.05, 0.1) is 0 Å². The topological polar surface area (TPSA) is 56.3 Å². The molecular weight excluding hydrogens is 252 g/mol. The van der Waals surface area contributed by atoms with Gasteiger partial charge in [0.1, 0.15) is 0 Å². The third kappa shape index (κ3) is 2.31. The number of aromatic nitrogens is 1. The third-order valence-corrected chi connectivity index (χ3v) is 5.42. The number of hydrogen-bond donors (Lipinski definition) is 2. The Hall–Kier alpha value is -1.13. The predicted octanol–water partition coefficient (Wildman–Crippen LogP) is 1.72. The van der Waals surface area contributed by atoms with Crippen LogP contribution in [-0.4, -0.2) is 40.2 Å². The van der Waals surface area contributed by atoms with Crippen molar-refractivity contribution in [1.29, 1.82) is 0 Å². The van der Waals surface area contributed by atoms with Crippen LogP contribution in [0, 0.1) is 5.92 Å². The maximum Gasteiger partial charge on any atom is 0.248 e. The van der Waals surface area contributed by atoms with Crippen LogP contribution in [0.15, 0.2) is 23.0 Å². The molecule has 0 aromatic carbocycles. The highest BCUT2D eigenvalue weighted by atomic mass is 16.3. The Morgan fingerprint density at radius 1 is 1.45 bits per heavy atom. The summed E-state index contributed by atoms with van der Waals surface area (Å²) in [6, 6.07) is 5.39. The van der Waals surface area contributed by atoms with E-state index >= 15 is 0 Å². The summed E-state index contributed by atoms with van der Waals surface area (Å²) in [4.78, 5) is 17.0. The van der Waals surface area contributed by atoms with E-state index in [-0.39, 0.29) is 17.7 Å². The van der Waals surface area contributed by atoms with Gasteiger partial charge in [-0.15, -0.1) is 0 Å². The molecule has 2 N–H and O–H groups in total. The van der Waals surface area contributed by atoms with Gasteiger partial charge in [-0.2, -0.15) is 0 Å². The molecule has 0 radical (unpaired) electrons. The van der Waals surface area contributed by atoms with Gasteiger partial charge in [0, 0.05) is 42.3 Å². The molecule has 110 valence electrons. The Labute approximate surface area is 119 Å². The molecule has 0 aliphatic carbocycles. The molecule has 20 heavy (non-hydrogen) atoms. The van der Waals surface area contributed by atoms with Gasteiger partial charge in [-0.1, -0.05) is 12.5 Å². The van der Waals surface area contributed by atoms with Gasteiger partial charge in [0.2, 0.25) is 5.56 Å². The molecule has 3 unspecified atom stereocenters. The third-order valence-electron chi connectivity index (χ3n) is 5.42. The Kier molecular flexibility index (Phi) is 3.69. The van der Waals surface area contributed by atoms with Crippen molar-refractivity contribution >= 4 is 0 Å². The zero-order chi connectivity index (χ0) is 14.2. The van der Waals surface area contributed by atoms with E-state index in [4.69, 9.17) is 0 Å². The van der Waals surface area contributed by atoms with E-state index in [1.165, 1.54) is 19.3 Å².